The molecule has 1 aliphatic rings. The molecule has 0 radical (unpaired) electrons. The summed E-state index contributed by atoms with van der Waals surface area (Å²) in [5.41, 5.74) is 1.28. The molecule has 2 aromatic rings. The number of hydrogen-bond donors (Lipinski definition) is 2. The number of halogens is 1. The quantitative estimate of drug-likeness (QED) is 0.890. The van der Waals surface area contributed by atoms with Crippen molar-refractivity contribution in [3.63, 3.8) is 0 Å². The summed E-state index contributed by atoms with van der Waals surface area (Å²) in [6.07, 6.45) is 0.946. The zero-order chi connectivity index (χ0) is 15.6. The van der Waals surface area contributed by atoms with Gasteiger partial charge in [0.25, 0.3) is 0 Å². The highest BCUT2D eigenvalue weighted by Gasteiger charge is 2.51. The highest BCUT2D eigenvalue weighted by atomic mass is 35.5. The summed E-state index contributed by atoms with van der Waals surface area (Å²) >= 11 is 6.02. The molecule has 1 saturated carbocycles. The number of nitrogens with one attached hydrogen (secondary N) is 1. The Morgan fingerprint density at radius 1 is 1.18 bits per heavy atom. The topological polar surface area (TPSA) is 49.3 Å². The van der Waals surface area contributed by atoms with E-state index in [2.05, 4.69) is 5.32 Å². The van der Waals surface area contributed by atoms with Crippen LogP contribution in [0.15, 0.2) is 54.6 Å². The Kier molecular flexibility index (Phi) is 4.19. The number of carbonyl (C=O) groups excluding carboxylic acids is 1. The van der Waals surface area contributed by atoms with E-state index in [9.17, 15) is 9.90 Å². The molecule has 0 saturated heterocycles. The number of amides is 1. The summed E-state index contributed by atoms with van der Waals surface area (Å²) in [7, 11) is 0. The van der Waals surface area contributed by atoms with Gasteiger partial charge in [0.15, 0.2) is 0 Å². The second kappa shape index (κ2) is 6.11. The molecule has 114 valence electrons. The maximum absolute atomic E-state index is 12.5. The van der Waals surface area contributed by atoms with Crippen molar-refractivity contribution in [3.8, 4) is 0 Å². The summed E-state index contributed by atoms with van der Waals surface area (Å²) in [5, 5.41) is 13.6. The first-order chi connectivity index (χ1) is 10.6. The van der Waals surface area contributed by atoms with Crippen LogP contribution in [0.2, 0.25) is 5.02 Å². The second-order valence-corrected chi connectivity index (χ2v) is 6.17. The lowest BCUT2D eigenvalue weighted by Crippen LogP contribution is -2.37. The minimum atomic E-state index is -0.694. The Morgan fingerprint density at radius 3 is 2.55 bits per heavy atom. The molecule has 1 amide bonds. The molecule has 4 heteroatoms. The predicted molar refractivity (Wildman–Crippen MR) is 86.8 cm³/mol. The minimum absolute atomic E-state index is 0.0373. The average Bonchev–Trinajstić information content (AvgIpc) is 3.35. The van der Waals surface area contributed by atoms with Gasteiger partial charge in [-0.3, -0.25) is 4.79 Å². The van der Waals surface area contributed by atoms with Gasteiger partial charge in [-0.2, -0.15) is 0 Å². The van der Waals surface area contributed by atoms with Crippen molar-refractivity contribution >= 4 is 17.5 Å². The van der Waals surface area contributed by atoms with E-state index < -0.39 is 11.5 Å². The van der Waals surface area contributed by atoms with Gasteiger partial charge in [0.2, 0.25) is 5.91 Å². The predicted octanol–water partition coefficient (Wildman–Crippen LogP) is 3.22. The third-order valence-electron chi connectivity index (χ3n) is 4.20. The molecule has 3 rings (SSSR count). The third-order valence-corrected chi connectivity index (χ3v) is 4.44. The summed E-state index contributed by atoms with van der Waals surface area (Å²) in [6.45, 7) is 0.213. The largest absolute Gasteiger partial charge is 0.387 e. The van der Waals surface area contributed by atoms with Crippen molar-refractivity contribution in [2.45, 2.75) is 24.4 Å². The summed E-state index contributed by atoms with van der Waals surface area (Å²) in [6, 6.07) is 16.8. The Morgan fingerprint density at radius 2 is 1.91 bits per heavy atom. The fourth-order valence-corrected chi connectivity index (χ4v) is 2.90. The molecule has 1 fully saturated rings. The molecule has 22 heavy (non-hydrogen) atoms. The van der Waals surface area contributed by atoms with Crippen LogP contribution in [-0.4, -0.2) is 17.6 Å². The second-order valence-electron chi connectivity index (χ2n) is 5.73. The fraction of sp³-hybridized carbons (Fsp3) is 0.278. The molecule has 0 bridgehead atoms. The van der Waals surface area contributed by atoms with Gasteiger partial charge < -0.3 is 10.4 Å². The molecule has 0 heterocycles. The Labute approximate surface area is 134 Å². The normalized spacial score (nSPS) is 16.8. The fourth-order valence-electron chi connectivity index (χ4n) is 2.71. The maximum atomic E-state index is 12.5. The van der Waals surface area contributed by atoms with E-state index in [0.29, 0.717) is 5.02 Å². The molecule has 0 spiro atoms. The van der Waals surface area contributed by atoms with Crippen LogP contribution >= 0.6 is 11.6 Å². The lowest BCUT2D eigenvalue weighted by Gasteiger charge is -2.18. The summed E-state index contributed by atoms with van der Waals surface area (Å²) in [4.78, 5) is 12.5. The van der Waals surface area contributed by atoms with Crippen molar-refractivity contribution < 1.29 is 9.90 Å². The highest BCUT2D eigenvalue weighted by molar-refractivity contribution is 6.30. The minimum Gasteiger partial charge on any atom is -0.387 e. The van der Waals surface area contributed by atoms with Crippen LogP contribution in [0.5, 0.6) is 0 Å². The average molecular weight is 316 g/mol. The Bertz CT molecular complexity index is 668. The molecular weight excluding hydrogens is 298 g/mol. The Balaban J connectivity index is 1.65. The van der Waals surface area contributed by atoms with E-state index in [1.165, 1.54) is 0 Å². The van der Waals surface area contributed by atoms with Crippen LogP contribution in [0.1, 0.15) is 30.1 Å². The van der Waals surface area contributed by atoms with Crippen LogP contribution in [-0.2, 0) is 10.2 Å². The maximum Gasteiger partial charge on any atom is 0.230 e. The standard InChI is InChI=1S/C18H18ClNO2/c19-15-8-4-7-14(11-15)18(9-10-18)17(22)20-12-16(21)13-5-2-1-3-6-13/h1-8,11,16,21H,9-10,12H2,(H,20,22)/t16-/m1/s1. The van der Waals surface area contributed by atoms with E-state index in [1.807, 2.05) is 48.5 Å². The number of carbonyl (C=O) groups is 1. The molecule has 3 nitrogen and oxygen atoms in total. The smallest absolute Gasteiger partial charge is 0.230 e. The number of hydrogen-bond acceptors (Lipinski definition) is 2. The van der Waals surface area contributed by atoms with E-state index in [1.54, 1.807) is 6.07 Å². The molecule has 2 aromatic carbocycles. The van der Waals surface area contributed by atoms with E-state index >= 15 is 0 Å². The first-order valence-corrected chi connectivity index (χ1v) is 7.77. The SMILES string of the molecule is O=C(NC[C@@H](O)c1ccccc1)C1(c2cccc(Cl)c2)CC1. The Hall–Kier alpha value is -1.84. The van der Waals surface area contributed by atoms with E-state index in [-0.39, 0.29) is 12.5 Å². The first kappa shape index (κ1) is 15.1. The number of aliphatic hydroxyl groups is 1. The summed E-state index contributed by atoms with van der Waals surface area (Å²) in [5.74, 6) is -0.0373. The number of rotatable bonds is 5. The van der Waals surface area contributed by atoms with Crippen LogP contribution in [0.3, 0.4) is 0 Å². The van der Waals surface area contributed by atoms with Gasteiger partial charge in [0.1, 0.15) is 0 Å². The van der Waals surface area contributed by atoms with Crippen molar-refractivity contribution in [1.82, 2.24) is 5.32 Å². The van der Waals surface area contributed by atoms with Gasteiger partial charge in [-0.1, -0.05) is 54.1 Å². The van der Waals surface area contributed by atoms with Gasteiger partial charge in [-0.25, -0.2) is 0 Å². The third kappa shape index (κ3) is 3.01. The first-order valence-electron chi connectivity index (χ1n) is 7.39. The van der Waals surface area contributed by atoms with Gasteiger partial charge in [0, 0.05) is 11.6 Å². The van der Waals surface area contributed by atoms with Gasteiger partial charge in [-0.05, 0) is 36.1 Å². The van der Waals surface area contributed by atoms with Crippen LogP contribution < -0.4 is 5.32 Å². The highest BCUT2D eigenvalue weighted by Crippen LogP contribution is 2.48. The van der Waals surface area contributed by atoms with Crippen LogP contribution in [0, 0.1) is 0 Å². The zero-order valence-electron chi connectivity index (χ0n) is 12.1. The molecule has 1 aliphatic carbocycles. The van der Waals surface area contributed by atoms with Gasteiger partial charge in [-0.15, -0.1) is 0 Å². The number of benzene rings is 2. The molecule has 0 aromatic heterocycles. The summed E-state index contributed by atoms with van der Waals surface area (Å²) < 4.78 is 0. The van der Waals surface area contributed by atoms with Crippen molar-refractivity contribution in [2.24, 2.45) is 0 Å². The monoisotopic (exact) mass is 315 g/mol. The molecular formula is C18H18ClNO2. The molecule has 2 N–H and O–H groups in total. The van der Waals surface area contributed by atoms with Crippen LogP contribution in [0.25, 0.3) is 0 Å². The van der Waals surface area contributed by atoms with E-state index in [4.69, 9.17) is 11.6 Å². The lowest BCUT2D eigenvalue weighted by molar-refractivity contribution is -0.124. The lowest BCUT2D eigenvalue weighted by atomic mass is 9.95. The number of aliphatic hydroxyl groups excluding tert-OH is 1. The zero-order valence-corrected chi connectivity index (χ0v) is 12.9. The van der Waals surface area contributed by atoms with E-state index in [0.717, 1.165) is 24.0 Å². The van der Waals surface area contributed by atoms with Gasteiger partial charge in [0.05, 0.1) is 11.5 Å². The van der Waals surface area contributed by atoms with Gasteiger partial charge >= 0.3 is 0 Å². The molecule has 1 atom stereocenters. The van der Waals surface area contributed by atoms with Crippen molar-refractivity contribution in [3.05, 3.63) is 70.7 Å². The van der Waals surface area contributed by atoms with Crippen molar-refractivity contribution in [1.29, 1.82) is 0 Å². The van der Waals surface area contributed by atoms with Crippen molar-refractivity contribution in [2.75, 3.05) is 6.54 Å². The molecule has 0 aliphatic heterocycles. The van der Waals surface area contributed by atoms with Crippen LogP contribution in [0.4, 0.5) is 0 Å². The molecule has 0 unspecified atom stereocenters.